The number of para-hydroxylation sites is 1. The van der Waals surface area contributed by atoms with Crippen LogP contribution in [0.25, 0.3) is 0 Å². The number of nitrogens with one attached hydrogen (secondary N) is 1. The molecule has 6 nitrogen and oxygen atoms in total. The Balaban J connectivity index is 1.53. The molecule has 7 heteroatoms. The smallest absolute Gasteiger partial charge is 0.257 e. The fourth-order valence-corrected chi connectivity index (χ4v) is 4.15. The van der Waals surface area contributed by atoms with Gasteiger partial charge in [-0.05, 0) is 50.1 Å². The average molecular weight is 395 g/mol. The number of aryl methyl sites for hydroxylation is 1. The second kappa shape index (κ2) is 6.99. The van der Waals surface area contributed by atoms with Crippen LogP contribution in [0.3, 0.4) is 0 Å². The number of carbonyl (C=O) groups is 3. The lowest BCUT2D eigenvalue weighted by molar-refractivity contribution is -0.117. The summed E-state index contributed by atoms with van der Waals surface area (Å²) in [6.45, 7) is 3.67. The lowest BCUT2D eigenvalue weighted by Crippen LogP contribution is -2.62. The fourth-order valence-electron chi connectivity index (χ4n) is 4.15. The number of hydrogen-bond acceptors (Lipinski definition) is 3. The van der Waals surface area contributed by atoms with Crippen molar-refractivity contribution in [2.24, 2.45) is 0 Å². The van der Waals surface area contributed by atoms with Crippen molar-refractivity contribution >= 4 is 29.1 Å². The number of amides is 3. The number of benzene rings is 2. The van der Waals surface area contributed by atoms with E-state index in [-0.39, 0.29) is 30.7 Å². The molecule has 2 aromatic carbocycles. The third-order valence-corrected chi connectivity index (χ3v) is 5.76. The van der Waals surface area contributed by atoms with Gasteiger partial charge in [0.1, 0.15) is 11.5 Å². The number of halogens is 1. The van der Waals surface area contributed by atoms with E-state index in [4.69, 9.17) is 0 Å². The summed E-state index contributed by atoms with van der Waals surface area (Å²) in [4.78, 5) is 41.4. The molecule has 4 rings (SSSR count). The second-order valence-corrected chi connectivity index (χ2v) is 7.68. The van der Waals surface area contributed by atoms with Gasteiger partial charge < -0.3 is 10.2 Å². The third kappa shape index (κ3) is 3.16. The first-order valence-corrected chi connectivity index (χ1v) is 9.61. The van der Waals surface area contributed by atoms with Crippen molar-refractivity contribution in [3.05, 3.63) is 59.4 Å². The summed E-state index contributed by atoms with van der Waals surface area (Å²) >= 11 is 0. The van der Waals surface area contributed by atoms with Crippen molar-refractivity contribution in [2.75, 3.05) is 16.8 Å². The molecule has 2 aliphatic heterocycles. The molecule has 0 aromatic heterocycles. The molecule has 0 saturated carbocycles. The quantitative estimate of drug-likeness (QED) is 0.862. The number of anilines is 2. The topological polar surface area (TPSA) is 69.7 Å². The molecule has 1 N–H and O–H groups in total. The summed E-state index contributed by atoms with van der Waals surface area (Å²) in [6, 6.07) is 11.6. The lowest BCUT2D eigenvalue weighted by atomic mass is 9.98. The molecule has 2 aliphatic rings. The van der Waals surface area contributed by atoms with E-state index < -0.39 is 11.5 Å². The SMILES string of the molecule is Cc1ccc(NC(=O)CCN2C(=O)c3ccccc3N3C(=O)CCC23C)cc1F. The molecule has 0 aliphatic carbocycles. The zero-order chi connectivity index (χ0) is 20.8. The molecular weight excluding hydrogens is 373 g/mol. The van der Waals surface area contributed by atoms with Crippen molar-refractivity contribution < 1.29 is 18.8 Å². The van der Waals surface area contributed by atoms with Crippen LogP contribution in [-0.2, 0) is 9.59 Å². The molecule has 2 heterocycles. The van der Waals surface area contributed by atoms with E-state index in [2.05, 4.69) is 5.32 Å². The molecule has 29 heavy (non-hydrogen) atoms. The van der Waals surface area contributed by atoms with Crippen LogP contribution >= 0.6 is 0 Å². The summed E-state index contributed by atoms with van der Waals surface area (Å²) in [7, 11) is 0. The minimum atomic E-state index is -0.793. The first kappa shape index (κ1) is 19.1. The Hall–Kier alpha value is -3.22. The predicted molar refractivity (Wildman–Crippen MR) is 107 cm³/mol. The van der Waals surface area contributed by atoms with Gasteiger partial charge in [0.25, 0.3) is 5.91 Å². The second-order valence-electron chi connectivity index (χ2n) is 7.68. The van der Waals surface area contributed by atoms with Crippen molar-refractivity contribution in [1.82, 2.24) is 4.90 Å². The molecule has 1 unspecified atom stereocenters. The molecule has 1 saturated heterocycles. The Morgan fingerprint density at radius 2 is 1.97 bits per heavy atom. The third-order valence-electron chi connectivity index (χ3n) is 5.76. The van der Waals surface area contributed by atoms with E-state index in [9.17, 15) is 18.8 Å². The van der Waals surface area contributed by atoms with Gasteiger partial charge in [-0.2, -0.15) is 0 Å². The van der Waals surface area contributed by atoms with E-state index in [1.165, 1.54) is 6.07 Å². The molecule has 1 atom stereocenters. The zero-order valence-electron chi connectivity index (χ0n) is 16.4. The van der Waals surface area contributed by atoms with E-state index in [1.54, 1.807) is 47.1 Å². The molecule has 1 fully saturated rings. The van der Waals surface area contributed by atoms with Crippen LogP contribution in [0.4, 0.5) is 15.8 Å². The van der Waals surface area contributed by atoms with Crippen LogP contribution in [0.1, 0.15) is 42.1 Å². The van der Waals surface area contributed by atoms with Gasteiger partial charge in [0.15, 0.2) is 0 Å². The van der Waals surface area contributed by atoms with Gasteiger partial charge in [-0.3, -0.25) is 19.3 Å². The Kier molecular flexibility index (Phi) is 4.61. The Bertz CT molecular complexity index is 1020. The summed E-state index contributed by atoms with van der Waals surface area (Å²) in [5.41, 5.74) is 1.16. The summed E-state index contributed by atoms with van der Waals surface area (Å²) in [5, 5.41) is 2.67. The summed E-state index contributed by atoms with van der Waals surface area (Å²) < 4.78 is 13.7. The van der Waals surface area contributed by atoms with Gasteiger partial charge in [0.05, 0.1) is 11.3 Å². The van der Waals surface area contributed by atoms with Crippen molar-refractivity contribution in [1.29, 1.82) is 0 Å². The highest BCUT2D eigenvalue weighted by Crippen LogP contribution is 2.43. The van der Waals surface area contributed by atoms with Crippen molar-refractivity contribution in [2.45, 2.75) is 38.8 Å². The molecule has 0 spiro atoms. The normalized spacial score (nSPS) is 20.5. The van der Waals surface area contributed by atoms with Gasteiger partial charge in [-0.1, -0.05) is 18.2 Å². The Morgan fingerprint density at radius 1 is 1.21 bits per heavy atom. The lowest BCUT2D eigenvalue weighted by Gasteiger charge is -2.48. The summed E-state index contributed by atoms with van der Waals surface area (Å²) in [6.07, 6.45) is 0.904. The molecule has 150 valence electrons. The number of nitrogens with zero attached hydrogens (tertiary/aromatic N) is 2. The minimum absolute atomic E-state index is 0.0305. The van der Waals surface area contributed by atoms with Crippen LogP contribution < -0.4 is 10.2 Å². The Morgan fingerprint density at radius 3 is 2.72 bits per heavy atom. The number of carbonyl (C=O) groups excluding carboxylic acids is 3. The van der Waals surface area contributed by atoms with E-state index in [1.807, 2.05) is 13.0 Å². The van der Waals surface area contributed by atoms with E-state index in [0.29, 0.717) is 35.3 Å². The fraction of sp³-hybridized carbons (Fsp3) is 0.318. The highest BCUT2D eigenvalue weighted by molar-refractivity contribution is 6.10. The molecular formula is C22H22FN3O3. The van der Waals surface area contributed by atoms with Crippen LogP contribution in [-0.4, -0.2) is 34.8 Å². The largest absolute Gasteiger partial charge is 0.326 e. The minimum Gasteiger partial charge on any atom is -0.326 e. The van der Waals surface area contributed by atoms with Crippen LogP contribution in [0, 0.1) is 12.7 Å². The maximum Gasteiger partial charge on any atom is 0.257 e. The van der Waals surface area contributed by atoms with Crippen LogP contribution in [0.5, 0.6) is 0 Å². The number of rotatable bonds is 4. The van der Waals surface area contributed by atoms with Crippen LogP contribution in [0.2, 0.25) is 0 Å². The maximum atomic E-state index is 13.7. The van der Waals surface area contributed by atoms with Crippen molar-refractivity contribution in [3.63, 3.8) is 0 Å². The molecule has 0 radical (unpaired) electrons. The zero-order valence-corrected chi connectivity index (χ0v) is 16.4. The van der Waals surface area contributed by atoms with Gasteiger partial charge >= 0.3 is 0 Å². The standard InChI is InChI=1S/C22H22FN3O3/c1-14-7-8-15(13-17(14)23)24-19(27)10-12-25-21(29)16-5-3-4-6-18(16)26-20(28)9-11-22(25,26)2/h3-8,13H,9-12H2,1-2H3,(H,24,27). The van der Waals surface area contributed by atoms with Crippen molar-refractivity contribution in [3.8, 4) is 0 Å². The predicted octanol–water partition coefficient (Wildman–Crippen LogP) is 3.46. The van der Waals surface area contributed by atoms with Gasteiger partial charge in [-0.25, -0.2) is 4.39 Å². The average Bonchev–Trinajstić information content (AvgIpc) is 3.00. The number of fused-ring (bicyclic) bond motifs is 3. The molecule has 2 aromatic rings. The maximum absolute atomic E-state index is 13.7. The summed E-state index contributed by atoms with van der Waals surface area (Å²) in [5.74, 6) is -0.933. The highest BCUT2D eigenvalue weighted by Gasteiger charge is 2.52. The monoisotopic (exact) mass is 395 g/mol. The van der Waals surface area contributed by atoms with Gasteiger partial charge in [-0.15, -0.1) is 0 Å². The van der Waals surface area contributed by atoms with E-state index >= 15 is 0 Å². The van der Waals surface area contributed by atoms with Gasteiger partial charge in [0.2, 0.25) is 11.8 Å². The van der Waals surface area contributed by atoms with Gasteiger partial charge in [0, 0.05) is 25.1 Å². The molecule has 3 amide bonds. The first-order valence-electron chi connectivity index (χ1n) is 9.61. The Labute approximate surface area is 168 Å². The first-order chi connectivity index (χ1) is 13.8. The number of hydrogen-bond donors (Lipinski definition) is 1. The van der Waals surface area contributed by atoms with Crippen LogP contribution in [0.15, 0.2) is 42.5 Å². The highest BCUT2D eigenvalue weighted by atomic mass is 19.1. The van der Waals surface area contributed by atoms with E-state index in [0.717, 1.165) is 0 Å². The molecule has 0 bridgehead atoms.